The van der Waals surface area contributed by atoms with Gasteiger partial charge in [0.05, 0.1) is 42.8 Å². The fourth-order valence-corrected chi connectivity index (χ4v) is 3.59. The summed E-state index contributed by atoms with van der Waals surface area (Å²) in [5, 5.41) is 33.2. The SMILES string of the molecule is N#Cc1ccc(/C=N/Nc2ccc3c4c(cccc24)C(=O)N(C(CO)CO)C3=O)cc1. The van der Waals surface area contributed by atoms with E-state index in [1.807, 2.05) is 0 Å². The van der Waals surface area contributed by atoms with E-state index < -0.39 is 31.1 Å². The Kier molecular flexibility index (Phi) is 5.45. The molecule has 8 heteroatoms. The van der Waals surface area contributed by atoms with Crippen molar-refractivity contribution in [3.8, 4) is 6.07 Å². The number of aliphatic hydroxyl groups is 2. The molecule has 0 unspecified atom stereocenters. The summed E-state index contributed by atoms with van der Waals surface area (Å²) in [6, 6.07) is 16.4. The lowest BCUT2D eigenvalue weighted by Gasteiger charge is -2.32. The maximum atomic E-state index is 12.9. The number of amides is 2. The topological polar surface area (TPSA) is 126 Å². The second-order valence-corrected chi connectivity index (χ2v) is 6.99. The Morgan fingerprint density at radius 2 is 1.68 bits per heavy atom. The Morgan fingerprint density at radius 1 is 1.00 bits per heavy atom. The molecule has 0 aliphatic carbocycles. The van der Waals surface area contributed by atoms with Crippen molar-refractivity contribution in [1.82, 2.24) is 4.90 Å². The van der Waals surface area contributed by atoms with Crippen LogP contribution < -0.4 is 5.43 Å². The van der Waals surface area contributed by atoms with E-state index in [2.05, 4.69) is 16.6 Å². The van der Waals surface area contributed by atoms with Crippen molar-refractivity contribution in [2.45, 2.75) is 6.04 Å². The van der Waals surface area contributed by atoms with Gasteiger partial charge in [-0.25, -0.2) is 0 Å². The molecule has 1 aliphatic rings. The van der Waals surface area contributed by atoms with Crippen molar-refractivity contribution in [1.29, 1.82) is 5.26 Å². The van der Waals surface area contributed by atoms with Crippen LogP contribution in [0.5, 0.6) is 0 Å². The van der Waals surface area contributed by atoms with Crippen LogP contribution in [0.3, 0.4) is 0 Å². The number of nitriles is 1. The first kappa shape index (κ1) is 20.2. The highest BCUT2D eigenvalue weighted by molar-refractivity contribution is 6.27. The maximum absolute atomic E-state index is 12.9. The van der Waals surface area contributed by atoms with Gasteiger partial charge in [0, 0.05) is 21.9 Å². The number of rotatable bonds is 6. The Balaban J connectivity index is 1.69. The molecule has 0 bridgehead atoms. The summed E-state index contributed by atoms with van der Waals surface area (Å²) in [6.07, 6.45) is 1.60. The van der Waals surface area contributed by atoms with E-state index in [-0.39, 0.29) is 0 Å². The van der Waals surface area contributed by atoms with Gasteiger partial charge < -0.3 is 10.2 Å². The summed E-state index contributed by atoms with van der Waals surface area (Å²) in [5.41, 5.74) is 5.55. The lowest BCUT2D eigenvalue weighted by Crippen LogP contribution is -2.50. The zero-order valence-electron chi connectivity index (χ0n) is 16.3. The maximum Gasteiger partial charge on any atom is 0.261 e. The predicted molar refractivity (Wildman–Crippen MR) is 115 cm³/mol. The minimum atomic E-state index is -1.00. The predicted octanol–water partition coefficient (Wildman–Crippen LogP) is 2.11. The molecule has 0 saturated carbocycles. The second-order valence-electron chi connectivity index (χ2n) is 6.99. The number of carbonyl (C=O) groups excluding carboxylic acids is 2. The molecule has 0 fully saturated rings. The van der Waals surface area contributed by atoms with Crippen molar-refractivity contribution in [3.63, 3.8) is 0 Å². The van der Waals surface area contributed by atoms with Gasteiger partial charge in [-0.15, -0.1) is 0 Å². The number of carbonyl (C=O) groups is 2. The Labute approximate surface area is 177 Å². The lowest BCUT2D eigenvalue weighted by atomic mass is 9.92. The standard InChI is InChI=1S/C23H18N4O4/c24-10-14-4-6-15(7-5-14)11-25-26-20-9-8-19-21-17(20)2-1-3-18(21)22(30)27(23(19)31)16(12-28)13-29/h1-9,11,16,26,28-29H,12-13H2/b25-11+. The van der Waals surface area contributed by atoms with Crippen LogP contribution in [0.25, 0.3) is 10.8 Å². The number of imide groups is 1. The molecule has 4 rings (SSSR count). The van der Waals surface area contributed by atoms with Crippen molar-refractivity contribution in [2.24, 2.45) is 5.10 Å². The van der Waals surface area contributed by atoms with Crippen molar-refractivity contribution < 1.29 is 19.8 Å². The van der Waals surface area contributed by atoms with E-state index in [1.165, 1.54) is 0 Å². The van der Waals surface area contributed by atoms with Gasteiger partial charge in [0.15, 0.2) is 0 Å². The summed E-state index contributed by atoms with van der Waals surface area (Å²) in [7, 11) is 0. The minimum absolute atomic E-state index is 0.318. The minimum Gasteiger partial charge on any atom is -0.394 e. The van der Waals surface area contributed by atoms with Gasteiger partial charge in [-0.3, -0.25) is 19.9 Å². The molecule has 0 saturated heterocycles. The van der Waals surface area contributed by atoms with Gasteiger partial charge in [-0.1, -0.05) is 24.3 Å². The first-order valence-electron chi connectivity index (χ1n) is 9.53. The first-order valence-corrected chi connectivity index (χ1v) is 9.53. The summed E-state index contributed by atoms with van der Waals surface area (Å²) in [4.78, 5) is 26.8. The Bertz CT molecular complexity index is 1220. The molecule has 3 aromatic rings. The van der Waals surface area contributed by atoms with Crippen LogP contribution in [-0.2, 0) is 0 Å². The van der Waals surface area contributed by atoms with Crippen LogP contribution in [0.4, 0.5) is 5.69 Å². The normalized spacial score (nSPS) is 13.3. The zero-order valence-corrected chi connectivity index (χ0v) is 16.3. The second kappa shape index (κ2) is 8.36. The number of nitrogens with one attached hydrogen (secondary N) is 1. The molecule has 8 nitrogen and oxygen atoms in total. The van der Waals surface area contributed by atoms with Crippen molar-refractivity contribution in [3.05, 3.63) is 76.9 Å². The van der Waals surface area contributed by atoms with Crippen molar-refractivity contribution >= 4 is 34.5 Å². The molecule has 0 aromatic heterocycles. The van der Waals surface area contributed by atoms with Crippen LogP contribution in [0.15, 0.2) is 59.7 Å². The number of aliphatic hydroxyl groups excluding tert-OH is 2. The Morgan fingerprint density at radius 3 is 2.32 bits per heavy atom. The molecule has 1 heterocycles. The third-order valence-electron chi connectivity index (χ3n) is 5.16. The van der Waals surface area contributed by atoms with Gasteiger partial charge in [-0.05, 0) is 35.9 Å². The summed E-state index contributed by atoms with van der Waals surface area (Å²) in [6.45, 7) is -1.05. The molecule has 3 aromatic carbocycles. The van der Waals surface area contributed by atoms with Crippen LogP contribution in [0.1, 0.15) is 31.8 Å². The summed E-state index contributed by atoms with van der Waals surface area (Å²) >= 11 is 0. The molecular formula is C23H18N4O4. The van der Waals surface area contributed by atoms with Gasteiger partial charge in [0.1, 0.15) is 0 Å². The molecule has 1 aliphatic heterocycles. The van der Waals surface area contributed by atoms with Crippen LogP contribution in [0.2, 0.25) is 0 Å². The Hall–Kier alpha value is -4.06. The van der Waals surface area contributed by atoms with Crippen LogP contribution in [0, 0.1) is 11.3 Å². The largest absolute Gasteiger partial charge is 0.394 e. The smallest absolute Gasteiger partial charge is 0.261 e. The highest BCUT2D eigenvalue weighted by Gasteiger charge is 2.37. The van der Waals surface area contributed by atoms with E-state index in [9.17, 15) is 19.8 Å². The number of hydrogen-bond acceptors (Lipinski definition) is 7. The molecule has 0 atom stereocenters. The molecule has 3 N–H and O–H groups in total. The highest BCUT2D eigenvalue weighted by atomic mass is 16.3. The fourth-order valence-electron chi connectivity index (χ4n) is 3.59. The number of hydrogen-bond donors (Lipinski definition) is 3. The van der Waals surface area contributed by atoms with E-state index in [1.54, 1.807) is 60.8 Å². The molecule has 0 radical (unpaired) electrons. The molecular weight excluding hydrogens is 396 g/mol. The monoisotopic (exact) mass is 414 g/mol. The van der Waals surface area contributed by atoms with E-state index in [0.29, 0.717) is 33.2 Å². The van der Waals surface area contributed by atoms with Gasteiger partial charge >= 0.3 is 0 Å². The van der Waals surface area contributed by atoms with E-state index >= 15 is 0 Å². The average Bonchev–Trinajstić information content (AvgIpc) is 2.81. The molecule has 31 heavy (non-hydrogen) atoms. The molecule has 2 amide bonds. The van der Waals surface area contributed by atoms with Gasteiger partial charge in [-0.2, -0.15) is 10.4 Å². The molecule has 0 spiro atoms. The quantitative estimate of drug-likeness (QED) is 0.322. The van der Waals surface area contributed by atoms with Crippen LogP contribution in [-0.4, -0.2) is 52.4 Å². The number of anilines is 1. The third kappa shape index (κ3) is 3.53. The fraction of sp³-hybridized carbons (Fsp3) is 0.130. The zero-order chi connectivity index (χ0) is 22.0. The summed E-state index contributed by atoms with van der Waals surface area (Å²) in [5.74, 6) is -1.12. The lowest BCUT2D eigenvalue weighted by molar-refractivity contribution is 0.0375. The third-order valence-corrected chi connectivity index (χ3v) is 5.16. The number of nitrogens with zero attached hydrogens (tertiary/aromatic N) is 3. The van der Waals surface area contributed by atoms with Crippen molar-refractivity contribution in [2.75, 3.05) is 18.6 Å². The van der Waals surface area contributed by atoms with Gasteiger partial charge in [0.25, 0.3) is 11.8 Å². The van der Waals surface area contributed by atoms with E-state index in [0.717, 1.165) is 10.5 Å². The number of hydrazone groups is 1. The average molecular weight is 414 g/mol. The van der Waals surface area contributed by atoms with Crippen LogP contribution >= 0.6 is 0 Å². The van der Waals surface area contributed by atoms with E-state index in [4.69, 9.17) is 5.26 Å². The first-order chi connectivity index (χ1) is 15.1. The number of benzene rings is 3. The summed E-state index contributed by atoms with van der Waals surface area (Å²) < 4.78 is 0. The highest BCUT2D eigenvalue weighted by Crippen LogP contribution is 2.35. The molecule has 154 valence electrons. The van der Waals surface area contributed by atoms with Gasteiger partial charge in [0.2, 0.25) is 0 Å².